The van der Waals surface area contributed by atoms with Crippen LogP contribution in [-0.2, 0) is 4.74 Å². The van der Waals surface area contributed by atoms with Gasteiger partial charge in [-0.2, -0.15) is 0 Å². The topological polar surface area (TPSA) is 21.3 Å². The Bertz CT molecular complexity index is 126. The molecule has 0 aromatic carbocycles. The standard InChI is InChI=1S/C11H23NO/c1-4-10(13-3)11(12-2)9-7-5-6-8-9/h9-12H,4-8H2,1-3H3. The number of hydrogen-bond acceptors (Lipinski definition) is 2. The highest BCUT2D eigenvalue weighted by atomic mass is 16.5. The lowest BCUT2D eigenvalue weighted by atomic mass is 9.92. The van der Waals surface area contributed by atoms with Crippen molar-refractivity contribution in [3.63, 3.8) is 0 Å². The Morgan fingerprint density at radius 1 is 1.38 bits per heavy atom. The van der Waals surface area contributed by atoms with E-state index in [1.54, 1.807) is 0 Å². The molecule has 0 aliphatic heterocycles. The number of methoxy groups -OCH3 is 1. The molecular weight excluding hydrogens is 162 g/mol. The van der Waals surface area contributed by atoms with Crippen LogP contribution in [0, 0.1) is 5.92 Å². The number of hydrogen-bond donors (Lipinski definition) is 1. The molecule has 0 amide bonds. The Balaban J connectivity index is 2.48. The average molecular weight is 185 g/mol. The zero-order valence-corrected chi connectivity index (χ0v) is 9.18. The summed E-state index contributed by atoms with van der Waals surface area (Å²) in [5.41, 5.74) is 0. The van der Waals surface area contributed by atoms with Gasteiger partial charge in [0.2, 0.25) is 0 Å². The summed E-state index contributed by atoms with van der Waals surface area (Å²) in [7, 11) is 3.89. The maximum Gasteiger partial charge on any atom is 0.0724 e. The quantitative estimate of drug-likeness (QED) is 0.709. The Kier molecular flexibility index (Phi) is 4.74. The van der Waals surface area contributed by atoms with Crippen molar-refractivity contribution in [1.29, 1.82) is 0 Å². The van der Waals surface area contributed by atoms with Crippen LogP contribution in [0.4, 0.5) is 0 Å². The number of likely N-dealkylation sites (N-methyl/N-ethyl adjacent to an activating group) is 1. The minimum Gasteiger partial charge on any atom is -0.380 e. The molecule has 0 aromatic heterocycles. The molecule has 1 aliphatic rings. The van der Waals surface area contributed by atoms with Crippen molar-refractivity contribution < 1.29 is 4.74 Å². The first-order valence-electron chi connectivity index (χ1n) is 5.53. The minimum atomic E-state index is 0.396. The molecule has 0 spiro atoms. The average Bonchev–Trinajstić information content (AvgIpc) is 2.66. The molecule has 1 saturated carbocycles. The second-order valence-corrected chi connectivity index (χ2v) is 4.04. The van der Waals surface area contributed by atoms with Gasteiger partial charge in [0, 0.05) is 13.2 Å². The van der Waals surface area contributed by atoms with Crippen LogP contribution >= 0.6 is 0 Å². The van der Waals surface area contributed by atoms with E-state index in [4.69, 9.17) is 4.74 Å². The fourth-order valence-electron chi connectivity index (χ4n) is 2.61. The van der Waals surface area contributed by atoms with Crippen LogP contribution in [0.15, 0.2) is 0 Å². The lowest BCUT2D eigenvalue weighted by Gasteiger charge is -2.29. The molecule has 1 fully saturated rings. The van der Waals surface area contributed by atoms with Crippen LogP contribution in [0.25, 0.3) is 0 Å². The normalized spacial score (nSPS) is 23.3. The zero-order valence-electron chi connectivity index (χ0n) is 9.18. The number of nitrogens with one attached hydrogen (secondary N) is 1. The first kappa shape index (κ1) is 11.0. The highest BCUT2D eigenvalue weighted by Crippen LogP contribution is 2.30. The first-order valence-corrected chi connectivity index (χ1v) is 5.53. The molecule has 78 valence electrons. The maximum atomic E-state index is 5.50. The van der Waals surface area contributed by atoms with Crippen LogP contribution in [0.3, 0.4) is 0 Å². The zero-order chi connectivity index (χ0) is 9.68. The molecule has 2 unspecified atom stereocenters. The SMILES string of the molecule is CCC(OC)C(NC)C1CCCC1. The Morgan fingerprint density at radius 3 is 2.38 bits per heavy atom. The van der Waals surface area contributed by atoms with Crippen molar-refractivity contribution in [3.8, 4) is 0 Å². The third-order valence-corrected chi connectivity index (χ3v) is 3.35. The van der Waals surface area contributed by atoms with E-state index in [0.29, 0.717) is 12.1 Å². The predicted molar refractivity (Wildman–Crippen MR) is 55.9 cm³/mol. The van der Waals surface area contributed by atoms with Gasteiger partial charge in [-0.3, -0.25) is 0 Å². The van der Waals surface area contributed by atoms with Gasteiger partial charge in [-0.25, -0.2) is 0 Å². The van der Waals surface area contributed by atoms with Crippen LogP contribution in [0.2, 0.25) is 0 Å². The van der Waals surface area contributed by atoms with Gasteiger partial charge in [0.15, 0.2) is 0 Å². The highest BCUT2D eigenvalue weighted by Gasteiger charge is 2.29. The smallest absolute Gasteiger partial charge is 0.0724 e. The lowest BCUT2D eigenvalue weighted by molar-refractivity contribution is 0.0482. The maximum absolute atomic E-state index is 5.50. The van der Waals surface area contributed by atoms with E-state index in [1.807, 2.05) is 7.11 Å². The van der Waals surface area contributed by atoms with Gasteiger partial charge >= 0.3 is 0 Å². The van der Waals surface area contributed by atoms with E-state index in [-0.39, 0.29) is 0 Å². The molecule has 2 nitrogen and oxygen atoms in total. The van der Waals surface area contributed by atoms with Crippen molar-refractivity contribution in [1.82, 2.24) is 5.32 Å². The van der Waals surface area contributed by atoms with E-state index in [1.165, 1.54) is 25.7 Å². The second-order valence-electron chi connectivity index (χ2n) is 4.04. The summed E-state index contributed by atoms with van der Waals surface area (Å²) in [6.07, 6.45) is 7.08. The fraction of sp³-hybridized carbons (Fsp3) is 1.00. The van der Waals surface area contributed by atoms with Gasteiger partial charge < -0.3 is 10.1 Å². The molecule has 0 saturated heterocycles. The monoisotopic (exact) mass is 185 g/mol. The van der Waals surface area contributed by atoms with E-state index < -0.39 is 0 Å². The molecule has 13 heavy (non-hydrogen) atoms. The van der Waals surface area contributed by atoms with Crippen molar-refractivity contribution >= 4 is 0 Å². The lowest BCUT2D eigenvalue weighted by Crippen LogP contribution is -2.43. The molecule has 1 rings (SSSR count). The summed E-state index contributed by atoms with van der Waals surface area (Å²) in [4.78, 5) is 0. The molecule has 1 N–H and O–H groups in total. The van der Waals surface area contributed by atoms with Crippen LogP contribution in [0.5, 0.6) is 0 Å². The van der Waals surface area contributed by atoms with Crippen LogP contribution < -0.4 is 5.32 Å². The molecule has 0 bridgehead atoms. The van der Waals surface area contributed by atoms with E-state index in [9.17, 15) is 0 Å². The number of rotatable bonds is 5. The number of ether oxygens (including phenoxy) is 1. The van der Waals surface area contributed by atoms with Gasteiger partial charge in [0.25, 0.3) is 0 Å². The minimum absolute atomic E-state index is 0.396. The third-order valence-electron chi connectivity index (χ3n) is 3.35. The molecule has 0 aromatic rings. The van der Waals surface area contributed by atoms with Gasteiger partial charge in [0.1, 0.15) is 0 Å². The Hall–Kier alpha value is -0.0800. The summed E-state index contributed by atoms with van der Waals surface area (Å²) in [5, 5.41) is 3.42. The Morgan fingerprint density at radius 2 is 2.00 bits per heavy atom. The predicted octanol–water partition coefficient (Wildman–Crippen LogP) is 2.19. The van der Waals surface area contributed by atoms with E-state index >= 15 is 0 Å². The van der Waals surface area contributed by atoms with Gasteiger partial charge in [-0.1, -0.05) is 19.8 Å². The van der Waals surface area contributed by atoms with Crippen LogP contribution in [-0.4, -0.2) is 26.3 Å². The molecule has 2 atom stereocenters. The van der Waals surface area contributed by atoms with Crippen molar-refractivity contribution in [2.45, 2.75) is 51.2 Å². The largest absolute Gasteiger partial charge is 0.380 e. The van der Waals surface area contributed by atoms with Gasteiger partial charge in [-0.05, 0) is 32.2 Å². The van der Waals surface area contributed by atoms with Gasteiger partial charge in [-0.15, -0.1) is 0 Å². The first-order chi connectivity index (χ1) is 6.33. The summed E-state index contributed by atoms with van der Waals surface area (Å²) in [6, 6.07) is 0.567. The molecule has 2 heteroatoms. The third kappa shape index (κ3) is 2.68. The second kappa shape index (κ2) is 5.61. The van der Waals surface area contributed by atoms with E-state index in [2.05, 4.69) is 19.3 Å². The summed E-state index contributed by atoms with van der Waals surface area (Å²) in [5.74, 6) is 0.842. The van der Waals surface area contributed by atoms with Gasteiger partial charge in [0.05, 0.1) is 6.10 Å². The highest BCUT2D eigenvalue weighted by molar-refractivity contribution is 4.85. The summed E-state index contributed by atoms with van der Waals surface area (Å²) in [6.45, 7) is 2.20. The summed E-state index contributed by atoms with van der Waals surface area (Å²) < 4.78 is 5.50. The van der Waals surface area contributed by atoms with Crippen LogP contribution in [0.1, 0.15) is 39.0 Å². The molecule has 0 heterocycles. The fourth-order valence-corrected chi connectivity index (χ4v) is 2.61. The van der Waals surface area contributed by atoms with Crippen molar-refractivity contribution in [2.75, 3.05) is 14.2 Å². The van der Waals surface area contributed by atoms with E-state index in [0.717, 1.165) is 12.3 Å². The Labute approximate surface area is 82.0 Å². The molecule has 0 radical (unpaired) electrons. The molecular formula is C11H23NO. The van der Waals surface area contributed by atoms with Crippen molar-refractivity contribution in [2.24, 2.45) is 5.92 Å². The summed E-state index contributed by atoms with van der Waals surface area (Å²) >= 11 is 0. The van der Waals surface area contributed by atoms with Crippen molar-refractivity contribution in [3.05, 3.63) is 0 Å². The molecule has 1 aliphatic carbocycles.